The third kappa shape index (κ3) is 2.89. The van der Waals surface area contributed by atoms with Gasteiger partial charge in [0, 0.05) is 31.1 Å². The minimum atomic E-state index is -0.913. The molecule has 7 nitrogen and oxygen atoms in total. The third-order valence-corrected chi connectivity index (χ3v) is 3.89. The van der Waals surface area contributed by atoms with Crippen molar-refractivity contribution in [2.45, 2.75) is 45.8 Å². The van der Waals surface area contributed by atoms with E-state index in [2.05, 4.69) is 9.97 Å². The summed E-state index contributed by atoms with van der Waals surface area (Å²) in [6.45, 7) is 8.12. The molecule has 1 atom stereocenters. The maximum atomic E-state index is 6.03. The molecule has 0 fully saturated rings. The minimum absolute atomic E-state index is 0.0554. The molecule has 1 aromatic heterocycles. The summed E-state index contributed by atoms with van der Waals surface area (Å²) in [5.74, 6) is -0.569. The fourth-order valence-electron chi connectivity index (χ4n) is 3.05. The van der Waals surface area contributed by atoms with Crippen LogP contribution in [0.4, 0.5) is 17.6 Å². The monoisotopic (exact) mass is 297 g/mol. The predicted molar refractivity (Wildman–Crippen MR) is 84.5 cm³/mol. The molecule has 1 rings (SSSR count). The normalized spacial score (nSPS) is 14.2. The Bertz CT molecular complexity index is 472. The summed E-state index contributed by atoms with van der Waals surface area (Å²) in [5.41, 5.74) is 17.9. The Morgan fingerprint density at radius 3 is 1.71 bits per heavy atom. The van der Waals surface area contributed by atoms with Crippen LogP contribution in [0.15, 0.2) is 0 Å². The molecule has 0 aromatic carbocycles. The zero-order valence-corrected chi connectivity index (χ0v) is 13.7. The Morgan fingerprint density at radius 2 is 1.43 bits per heavy atom. The van der Waals surface area contributed by atoms with Crippen molar-refractivity contribution in [1.29, 1.82) is 0 Å². The van der Waals surface area contributed by atoms with Gasteiger partial charge in [-0.3, -0.25) is 0 Å². The van der Waals surface area contributed by atoms with Gasteiger partial charge in [-0.25, -0.2) is 0 Å². The molecule has 0 bridgehead atoms. The van der Waals surface area contributed by atoms with E-state index in [1.807, 2.05) is 27.7 Å². The Morgan fingerprint density at radius 1 is 1.00 bits per heavy atom. The van der Waals surface area contributed by atoms with Crippen molar-refractivity contribution in [2.75, 3.05) is 31.4 Å². The maximum Gasteiger partial charge on any atom is 0.223 e. The van der Waals surface area contributed by atoms with Gasteiger partial charge in [-0.2, -0.15) is 9.97 Å². The van der Waals surface area contributed by atoms with E-state index in [0.717, 1.165) is 0 Å². The van der Waals surface area contributed by atoms with Crippen LogP contribution in [0.2, 0.25) is 0 Å². The second kappa shape index (κ2) is 6.03. The highest BCUT2D eigenvalue weighted by atomic mass is 16.7. The van der Waals surface area contributed by atoms with Gasteiger partial charge in [0.25, 0.3) is 0 Å². The van der Waals surface area contributed by atoms with Crippen molar-refractivity contribution >= 4 is 17.6 Å². The quantitative estimate of drug-likeness (QED) is 0.707. The van der Waals surface area contributed by atoms with E-state index in [4.69, 9.17) is 26.7 Å². The van der Waals surface area contributed by atoms with Crippen molar-refractivity contribution < 1.29 is 9.47 Å². The summed E-state index contributed by atoms with van der Waals surface area (Å²) in [6.07, 6.45) is 0.695. The molecule has 120 valence electrons. The lowest BCUT2D eigenvalue weighted by Crippen LogP contribution is -2.51. The highest BCUT2D eigenvalue weighted by Gasteiger charge is 2.50. The first-order chi connectivity index (χ1) is 9.64. The van der Waals surface area contributed by atoms with E-state index in [0.29, 0.717) is 12.0 Å². The van der Waals surface area contributed by atoms with Gasteiger partial charge < -0.3 is 26.7 Å². The first-order valence-corrected chi connectivity index (χ1v) is 6.93. The fourth-order valence-corrected chi connectivity index (χ4v) is 3.05. The van der Waals surface area contributed by atoms with E-state index in [-0.39, 0.29) is 28.9 Å². The number of ether oxygens (including phenoxy) is 2. The molecule has 6 N–H and O–H groups in total. The van der Waals surface area contributed by atoms with Gasteiger partial charge in [-0.1, -0.05) is 27.7 Å². The standard InChI is InChI=1S/C14H27N5O2/c1-7-8(14(20-5,21-6)13(2,3)4)9-10(15)18-12(17)19-11(9)16/h8H,7H2,1-6H3,(H6,15,16,17,18,19). The Hall–Kier alpha value is -1.60. The summed E-state index contributed by atoms with van der Waals surface area (Å²) in [6, 6.07) is 0. The van der Waals surface area contributed by atoms with Crippen LogP contribution in [-0.2, 0) is 9.47 Å². The molecule has 7 heteroatoms. The molecule has 0 spiro atoms. The Balaban J connectivity index is 3.55. The predicted octanol–water partition coefficient (Wildman–Crippen LogP) is 1.75. The van der Waals surface area contributed by atoms with Gasteiger partial charge in [0.05, 0.1) is 0 Å². The molecule has 0 aliphatic carbocycles. The van der Waals surface area contributed by atoms with Crippen molar-refractivity contribution in [2.24, 2.45) is 5.41 Å². The highest BCUT2D eigenvalue weighted by Crippen LogP contribution is 2.48. The van der Waals surface area contributed by atoms with E-state index >= 15 is 0 Å². The molecule has 0 saturated carbocycles. The molecular weight excluding hydrogens is 270 g/mol. The molecule has 1 unspecified atom stereocenters. The average molecular weight is 297 g/mol. The van der Waals surface area contributed by atoms with Gasteiger partial charge in [0.1, 0.15) is 11.6 Å². The first-order valence-electron chi connectivity index (χ1n) is 6.93. The van der Waals surface area contributed by atoms with E-state index < -0.39 is 5.79 Å². The van der Waals surface area contributed by atoms with Crippen molar-refractivity contribution in [3.05, 3.63) is 5.56 Å². The first kappa shape index (κ1) is 17.5. The van der Waals surface area contributed by atoms with Crippen LogP contribution in [-0.4, -0.2) is 30.0 Å². The molecular formula is C14H27N5O2. The number of hydrogen-bond donors (Lipinski definition) is 3. The van der Waals surface area contributed by atoms with E-state index in [9.17, 15) is 0 Å². The molecule has 0 amide bonds. The number of nitrogens with zero attached hydrogens (tertiary/aromatic N) is 2. The highest BCUT2D eigenvalue weighted by molar-refractivity contribution is 5.58. The molecule has 21 heavy (non-hydrogen) atoms. The van der Waals surface area contributed by atoms with Gasteiger partial charge in [-0.05, 0) is 6.42 Å². The molecule has 0 radical (unpaired) electrons. The molecule has 0 aliphatic rings. The zero-order chi connectivity index (χ0) is 16.4. The topological polar surface area (TPSA) is 122 Å². The molecule has 1 heterocycles. The van der Waals surface area contributed by atoms with Gasteiger partial charge in [0.15, 0.2) is 5.79 Å². The number of nitrogens with two attached hydrogens (primary N) is 3. The van der Waals surface area contributed by atoms with E-state index in [1.165, 1.54) is 0 Å². The number of nitrogen functional groups attached to an aromatic ring is 3. The number of anilines is 3. The van der Waals surface area contributed by atoms with Crippen molar-refractivity contribution in [3.8, 4) is 0 Å². The molecule has 1 aromatic rings. The number of hydrogen-bond acceptors (Lipinski definition) is 7. The summed E-state index contributed by atoms with van der Waals surface area (Å²) < 4.78 is 11.6. The number of aromatic nitrogens is 2. The van der Waals surface area contributed by atoms with Crippen LogP contribution in [0.25, 0.3) is 0 Å². The van der Waals surface area contributed by atoms with Gasteiger partial charge in [-0.15, -0.1) is 0 Å². The lowest BCUT2D eigenvalue weighted by Gasteiger charge is -2.47. The summed E-state index contributed by atoms with van der Waals surface area (Å²) >= 11 is 0. The fraction of sp³-hybridized carbons (Fsp3) is 0.714. The molecule has 0 aliphatic heterocycles. The minimum Gasteiger partial charge on any atom is -0.383 e. The lowest BCUT2D eigenvalue weighted by molar-refractivity contribution is -0.278. The van der Waals surface area contributed by atoms with Gasteiger partial charge in [0.2, 0.25) is 5.95 Å². The third-order valence-electron chi connectivity index (χ3n) is 3.89. The summed E-state index contributed by atoms with van der Waals surface area (Å²) in [5, 5.41) is 0. The Kier molecular flexibility index (Phi) is 5.01. The Labute approximate surface area is 126 Å². The van der Waals surface area contributed by atoms with Gasteiger partial charge >= 0.3 is 0 Å². The van der Waals surface area contributed by atoms with Crippen LogP contribution in [0.3, 0.4) is 0 Å². The van der Waals surface area contributed by atoms with Crippen LogP contribution in [0.1, 0.15) is 45.6 Å². The maximum absolute atomic E-state index is 6.03. The number of rotatable bonds is 5. The van der Waals surface area contributed by atoms with Crippen molar-refractivity contribution in [3.63, 3.8) is 0 Å². The van der Waals surface area contributed by atoms with Crippen LogP contribution in [0, 0.1) is 5.41 Å². The largest absolute Gasteiger partial charge is 0.383 e. The summed E-state index contributed by atoms with van der Waals surface area (Å²) in [7, 11) is 3.23. The second-order valence-electron chi connectivity index (χ2n) is 6.05. The smallest absolute Gasteiger partial charge is 0.223 e. The summed E-state index contributed by atoms with van der Waals surface area (Å²) in [4.78, 5) is 8.04. The lowest BCUT2D eigenvalue weighted by atomic mass is 9.73. The van der Waals surface area contributed by atoms with Crippen LogP contribution in [0.5, 0.6) is 0 Å². The van der Waals surface area contributed by atoms with Crippen LogP contribution >= 0.6 is 0 Å². The zero-order valence-electron chi connectivity index (χ0n) is 13.7. The molecule has 0 saturated heterocycles. The number of methoxy groups -OCH3 is 2. The van der Waals surface area contributed by atoms with Crippen molar-refractivity contribution in [1.82, 2.24) is 9.97 Å². The average Bonchev–Trinajstić information content (AvgIpc) is 2.35. The van der Waals surface area contributed by atoms with Crippen LogP contribution < -0.4 is 17.2 Å². The second-order valence-corrected chi connectivity index (χ2v) is 6.05. The van der Waals surface area contributed by atoms with E-state index in [1.54, 1.807) is 14.2 Å². The SMILES string of the molecule is CCC(c1c(N)nc(N)nc1N)C(OC)(OC)C(C)(C)C.